The summed E-state index contributed by atoms with van der Waals surface area (Å²) < 4.78 is 0. The Labute approximate surface area is 104 Å². The zero-order valence-corrected chi connectivity index (χ0v) is 11.1. The Hall–Kier alpha value is -1.09. The lowest BCUT2D eigenvalue weighted by molar-refractivity contribution is 0.588. The molecule has 2 heterocycles. The van der Waals surface area contributed by atoms with Gasteiger partial charge >= 0.3 is 0 Å². The molecule has 0 aromatic carbocycles. The first kappa shape index (κ1) is 12.4. The molecule has 1 N–H and O–H groups in total. The standard InChI is InChI=1S/C14H23N3/c1-11(2)16-9-13-4-6-15-14(8-13)17-7-5-12(3)10-17/h4,6,8,11-12,16H,5,7,9-10H2,1-3H3. The molecule has 0 radical (unpaired) electrons. The molecule has 1 aromatic heterocycles. The fourth-order valence-corrected chi connectivity index (χ4v) is 2.21. The van der Waals surface area contributed by atoms with E-state index in [1.807, 2.05) is 6.20 Å². The second-order valence-corrected chi connectivity index (χ2v) is 5.40. The van der Waals surface area contributed by atoms with Gasteiger partial charge in [0, 0.05) is 31.9 Å². The average molecular weight is 233 g/mol. The average Bonchev–Trinajstić information content (AvgIpc) is 2.74. The second-order valence-electron chi connectivity index (χ2n) is 5.40. The Morgan fingerprint density at radius 2 is 2.35 bits per heavy atom. The number of hydrogen-bond acceptors (Lipinski definition) is 3. The van der Waals surface area contributed by atoms with Crippen molar-refractivity contribution in [3.8, 4) is 0 Å². The summed E-state index contributed by atoms with van der Waals surface area (Å²) in [6, 6.07) is 4.84. The molecule has 3 nitrogen and oxygen atoms in total. The summed E-state index contributed by atoms with van der Waals surface area (Å²) in [6.45, 7) is 9.87. The number of anilines is 1. The van der Waals surface area contributed by atoms with Crippen molar-refractivity contribution in [3.63, 3.8) is 0 Å². The molecule has 1 fully saturated rings. The molecule has 0 spiro atoms. The van der Waals surface area contributed by atoms with Crippen molar-refractivity contribution in [1.29, 1.82) is 0 Å². The van der Waals surface area contributed by atoms with Gasteiger partial charge in [-0.3, -0.25) is 0 Å². The Kier molecular flexibility index (Phi) is 4.00. The van der Waals surface area contributed by atoms with Crippen LogP contribution >= 0.6 is 0 Å². The molecule has 1 unspecified atom stereocenters. The third-order valence-electron chi connectivity index (χ3n) is 3.27. The van der Waals surface area contributed by atoms with Gasteiger partial charge in [0.15, 0.2) is 0 Å². The van der Waals surface area contributed by atoms with Crippen LogP contribution in [0.2, 0.25) is 0 Å². The zero-order valence-electron chi connectivity index (χ0n) is 11.1. The third-order valence-corrected chi connectivity index (χ3v) is 3.27. The van der Waals surface area contributed by atoms with Gasteiger partial charge in [-0.15, -0.1) is 0 Å². The first-order valence-corrected chi connectivity index (χ1v) is 6.58. The second kappa shape index (κ2) is 5.50. The number of pyridine rings is 1. The quantitative estimate of drug-likeness (QED) is 0.865. The topological polar surface area (TPSA) is 28.2 Å². The van der Waals surface area contributed by atoms with Gasteiger partial charge in [-0.1, -0.05) is 20.8 Å². The van der Waals surface area contributed by atoms with Crippen LogP contribution < -0.4 is 10.2 Å². The maximum atomic E-state index is 4.48. The monoisotopic (exact) mass is 233 g/mol. The van der Waals surface area contributed by atoms with E-state index in [4.69, 9.17) is 0 Å². The van der Waals surface area contributed by atoms with E-state index in [9.17, 15) is 0 Å². The number of aromatic nitrogens is 1. The molecule has 0 aliphatic carbocycles. The van der Waals surface area contributed by atoms with Gasteiger partial charge in [0.1, 0.15) is 5.82 Å². The molecular formula is C14H23N3. The molecule has 1 aliphatic heterocycles. The predicted molar refractivity (Wildman–Crippen MR) is 72.2 cm³/mol. The Balaban J connectivity index is 2.01. The normalized spacial score (nSPS) is 20.2. The number of nitrogens with zero attached hydrogens (tertiary/aromatic N) is 2. The minimum Gasteiger partial charge on any atom is -0.356 e. The van der Waals surface area contributed by atoms with Crippen LogP contribution in [0, 0.1) is 5.92 Å². The molecular weight excluding hydrogens is 210 g/mol. The summed E-state index contributed by atoms with van der Waals surface area (Å²) in [5.41, 5.74) is 1.32. The van der Waals surface area contributed by atoms with E-state index >= 15 is 0 Å². The molecule has 1 atom stereocenters. The van der Waals surface area contributed by atoms with E-state index in [1.165, 1.54) is 12.0 Å². The van der Waals surface area contributed by atoms with Crippen LogP contribution in [0.5, 0.6) is 0 Å². The molecule has 1 saturated heterocycles. The van der Waals surface area contributed by atoms with Crippen LogP contribution in [0.15, 0.2) is 18.3 Å². The van der Waals surface area contributed by atoms with Crippen LogP contribution in [0.3, 0.4) is 0 Å². The van der Waals surface area contributed by atoms with Crippen LogP contribution in [-0.2, 0) is 6.54 Å². The molecule has 0 saturated carbocycles. The van der Waals surface area contributed by atoms with Gasteiger partial charge in [0.2, 0.25) is 0 Å². The lowest BCUT2D eigenvalue weighted by atomic mass is 10.2. The van der Waals surface area contributed by atoms with Gasteiger partial charge in [-0.05, 0) is 30.0 Å². The van der Waals surface area contributed by atoms with Crippen molar-refractivity contribution >= 4 is 5.82 Å². The van der Waals surface area contributed by atoms with E-state index in [0.717, 1.165) is 31.4 Å². The minimum atomic E-state index is 0.526. The van der Waals surface area contributed by atoms with Crippen molar-refractivity contribution < 1.29 is 0 Å². The highest BCUT2D eigenvalue weighted by Crippen LogP contribution is 2.22. The third kappa shape index (κ3) is 3.43. The van der Waals surface area contributed by atoms with Crippen molar-refractivity contribution in [2.45, 2.75) is 39.8 Å². The van der Waals surface area contributed by atoms with Crippen molar-refractivity contribution in [2.75, 3.05) is 18.0 Å². The van der Waals surface area contributed by atoms with Gasteiger partial charge < -0.3 is 10.2 Å². The van der Waals surface area contributed by atoms with Crippen LogP contribution in [0.4, 0.5) is 5.82 Å². The van der Waals surface area contributed by atoms with Crippen LogP contribution in [0.25, 0.3) is 0 Å². The lowest BCUT2D eigenvalue weighted by Crippen LogP contribution is -2.23. The molecule has 0 bridgehead atoms. The molecule has 1 aromatic rings. The van der Waals surface area contributed by atoms with E-state index in [0.29, 0.717) is 6.04 Å². The van der Waals surface area contributed by atoms with Gasteiger partial charge in [-0.2, -0.15) is 0 Å². The first-order chi connectivity index (χ1) is 8.15. The highest BCUT2D eigenvalue weighted by atomic mass is 15.2. The SMILES string of the molecule is CC1CCN(c2cc(CNC(C)C)ccn2)C1. The van der Waals surface area contributed by atoms with Crippen molar-refractivity contribution in [2.24, 2.45) is 5.92 Å². The Bertz CT molecular complexity index is 362. The van der Waals surface area contributed by atoms with E-state index < -0.39 is 0 Å². The largest absolute Gasteiger partial charge is 0.356 e. The van der Waals surface area contributed by atoms with Gasteiger partial charge in [0.05, 0.1) is 0 Å². The molecule has 0 amide bonds. The first-order valence-electron chi connectivity index (χ1n) is 6.58. The molecule has 2 rings (SSSR count). The molecule has 17 heavy (non-hydrogen) atoms. The van der Waals surface area contributed by atoms with E-state index in [2.05, 4.69) is 48.1 Å². The summed E-state index contributed by atoms with van der Waals surface area (Å²) in [6.07, 6.45) is 3.21. The summed E-state index contributed by atoms with van der Waals surface area (Å²) in [5, 5.41) is 3.44. The predicted octanol–water partition coefficient (Wildman–Crippen LogP) is 2.43. The van der Waals surface area contributed by atoms with Crippen LogP contribution in [-0.4, -0.2) is 24.1 Å². The maximum Gasteiger partial charge on any atom is 0.128 e. The Morgan fingerprint density at radius 1 is 1.53 bits per heavy atom. The van der Waals surface area contributed by atoms with Gasteiger partial charge in [0.25, 0.3) is 0 Å². The van der Waals surface area contributed by atoms with E-state index in [1.54, 1.807) is 0 Å². The zero-order chi connectivity index (χ0) is 12.3. The maximum absolute atomic E-state index is 4.48. The smallest absolute Gasteiger partial charge is 0.128 e. The number of hydrogen-bond donors (Lipinski definition) is 1. The minimum absolute atomic E-state index is 0.526. The highest BCUT2D eigenvalue weighted by Gasteiger charge is 2.19. The fourth-order valence-electron chi connectivity index (χ4n) is 2.21. The highest BCUT2D eigenvalue weighted by molar-refractivity contribution is 5.42. The van der Waals surface area contributed by atoms with Crippen LogP contribution in [0.1, 0.15) is 32.8 Å². The summed E-state index contributed by atoms with van der Waals surface area (Å²) in [7, 11) is 0. The number of nitrogens with one attached hydrogen (secondary N) is 1. The summed E-state index contributed by atoms with van der Waals surface area (Å²) in [4.78, 5) is 6.87. The fraction of sp³-hybridized carbons (Fsp3) is 0.643. The molecule has 94 valence electrons. The lowest BCUT2D eigenvalue weighted by Gasteiger charge is -2.18. The Morgan fingerprint density at radius 3 is 3.00 bits per heavy atom. The summed E-state index contributed by atoms with van der Waals surface area (Å²) in [5.74, 6) is 1.94. The van der Waals surface area contributed by atoms with Crippen molar-refractivity contribution in [1.82, 2.24) is 10.3 Å². The molecule has 3 heteroatoms. The number of rotatable bonds is 4. The van der Waals surface area contributed by atoms with Crippen molar-refractivity contribution in [3.05, 3.63) is 23.9 Å². The van der Waals surface area contributed by atoms with Gasteiger partial charge in [-0.25, -0.2) is 4.98 Å². The summed E-state index contributed by atoms with van der Waals surface area (Å²) >= 11 is 0. The van der Waals surface area contributed by atoms with E-state index in [-0.39, 0.29) is 0 Å². The molecule has 1 aliphatic rings.